The van der Waals surface area contributed by atoms with Crippen LogP contribution in [0.1, 0.15) is 17.8 Å². The molecule has 0 bridgehead atoms. The fraction of sp³-hybridized carbons (Fsp3) is 0.500. The largest absolute Gasteiger partial charge is 0.468 e. The Morgan fingerprint density at radius 3 is 2.57 bits per heavy atom. The number of nitrogens with zero attached hydrogens (tertiary/aromatic N) is 3. The zero-order valence-electron chi connectivity index (χ0n) is 11.1. The van der Waals surface area contributed by atoms with E-state index in [0.717, 1.165) is 11.8 Å². The Morgan fingerprint density at radius 1 is 1.52 bits per heavy atom. The first-order chi connectivity index (χ1) is 9.77. The van der Waals surface area contributed by atoms with Crippen LogP contribution in [-0.4, -0.2) is 40.2 Å². The Balaban J connectivity index is 2.89. The number of carbonyl (C=O) groups is 2. The van der Waals surface area contributed by atoms with Crippen molar-refractivity contribution in [2.75, 3.05) is 13.7 Å². The fourth-order valence-electron chi connectivity index (χ4n) is 1.52. The van der Waals surface area contributed by atoms with Crippen molar-refractivity contribution in [2.24, 2.45) is 0 Å². The van der Waals surface area contributed by atoms with Crippen LogP contribution in [0, 0.1) is 17.0 Å². The van der Waals surface area contributed by atoms with Crippen LogP contribution in [0.5, 0.6) is 0 Å². The number of nitro groups is 1. The molecule has 21 heavy (non-hydrogen) atoms. The predicted octanol–water partition coefficient (Wildman–Crippen LogP) is 0.327. The van der Waals surface area contributed by atoms with E-state index in [-0.39, 0.29) is 5.69 Å². The van der Waals surface area contributed by atoms with Crippen LogP contribution in [0.25, 0.3) is 0 Å². The SMILES string of the molecule is COC(=O)CNC(=O)Cn1nc(C(F)F)c([N+](=O)[O-])c1C. The molecule has 9 nitrogen and oxygen atoms in total. The second kappa shape index (κ2) is 6.72. The van der Waals surface area contributed by atoms with Crippen LogP contribution in [0.2, 0.25) is 0 Å². The van der Waals surface area contributed by atoms with E-state index in [9.17, 15) is 28.5 Å². The van der Waals surface area contributed by atoms with Crippen LogP contribution < -0.4 is 5.32 Å². The summed E-state index contributed by atoms with van der Waals surface area (Å²) in [5.41, 5.74) is -2.01. The monoisotopic (exact) mass is 306 g/mol. The molecular formula is C10H12F2N4O5. The summed E-state index contributed by atoms with van der Waals surface area (Å²) in [6.07, 6.45) is -3.14. The summed E-state index contributed by atoms with van der Waals surface area (Å²) in [4.78, 5) is 32.1. The van der Waals surface area contributed by atoms with Crippen molar-refractivity contribution in [2.45, 2.75) is 19.9 Å². The van der Waals surface area contributed by atoms with Gasteiger partial charge in [-0.2, -0.15) is 5.10 Å². The average molecular weight is 306 g/mol. The van der Waals surface area contributed by atoms with Crippen LogP contribution in [0.3, 0.4) is 0 Å². The molecule has 0 saturated heterocycles. The Kier molecular flexibility index (Phi) is 5.27. The third-order valence-electron chi connectivity index (χ3n) is 2.54. The van der Waals surface area contributed by atoms with E-state index in [0.29, 0.717) is 0 Å². The maximum absolute atomic E-state index is 12.7. The number of rotatable bonds is 6. The van der Waals surface area contributed by atoms with Gasteiger partial charge in [0.15, 0.2) is 0 Å². The Hall–Kier alpha value is -2.59. The molecule has 1 aromatic rings. The van der Waals surface area contributed by atoms with Crippen molar-refractivity contribution in [3.8, 4) is 0 Å². The smallest absolute Gasteiger partial charge is 0.325 e. The number of alkyl halides is 2. The Morgan fingerprint density at radius 2 is 2.14 bits per heavy atom. The van der Waals surface area contributed by atoms with Gasteiger partial charge in [0.25, 0.3) is 6.43 Å². The second-order valence-electron chi connectivity index (χ2n) is 3.89. The van der Waals surface area contributed by atoms with Crippen LogP contribution >= 0.6 is 0 Å². The number of hydrogen-bond donors (Lipinski definition) is 1. The van der Waals surface area contributed by atoms with Crippen molar-refractivity contribution in [1.29, 1.82) is 0 Å². The minimum absolute atomic E-state index is 0.177. The average Bonchev–Trinajstić information content (AvgIpc) is 2.73. The highest BCUT2D eigenvalue weighted by molar-refractivity contribution is 5.81. The molecule has 0 aliphatic heterocycles. The van der Waals surface area contributed by atoms with Crippen LogP contribution in [0.15, 0.2) is 0 Å². The van der Waals surface area contributed by atoms with Gasteiger partial charge in [-0.25, -0.2) is 8.78 Å². The lowest BCUT2D eigenvalue weighted by molar-refractivity contribution is -0.386. The molecule has 0 spiro atoms. The number of amides is 1. The van der Waals surface area contributed by atoms with E-state index in [4.69, 9.17) is 0 Å². The van der Waals surface area contributed by atoms with Crippen molar-refractivity contribution in [1.82, 2.24) is 15.1 Å². The zero-order chi connectivity index (χ0) is 16.2. The number of methoxy groups -OCH3 is 1. The standard InChI is InChI=1S/C10H12F2N4O5/c1-5-9(16(19)20)8(10(11)12)14-15(5)4-6(17)13-3-7(18)21-2/h10H,3-4H2,1-2H3,(H,13,17). The molecule has 11 heteroatoms. The summed E-state index contributed by atoms with van der Waals surface area (Å²) in [6, 6.07) is 0. The van der Waals surface area contributed by atoms with E-state index in [1.165, 1.54) is 6.92 Å². The van der Waals surface area contributed by atoms with Crippen molar-refractivity contribution >= 4 is 17.6 Å². The number of nitrogens with one attached hydrogen (secondary N) is 1. The van der Waals surface area contributed by atoms with Gasteiger partial charge >= 0.3 is 11.7 Å². The van der Waals surface area contributed by atoms with Crippen molar-refractivity contribution < 1.29 is 28.0 Å². The van der Waals surface area contributed by atoms with Gasteiger partial charge in [-0.15, -0.1) is 0 Å². The van der Waals surface area contributed by atoms with E-state index in [1.807, 2.05) is 0 Å². The van der Waals surface area contributed by atoms with Gasteiger partial charge in [-0.1, -0.05) is 0 Å². The van der Waals surface area contributed by atoms with E-state index < -0.39 is 47.7 Å². The van der Waals surface area contributed by atoms with Gasteiger partial charge in [-0.05, 0) is 6.92 Å². The first-order valence-electron chi connectivity index (χ1n) is 5.61. The number of halogens is 2. The molecule has 0 aliphatic carbocycles. The predicted molar refractivity (Wildman–Crippen MR) is 63.6 cm³/mol. The molecule has 0 radical (unpaired) electrons. The molecule has 1 rings (SSSR count). The van der Waals surface area contributed by atoms with Gasteiger partial charge in [0.05, 0.1) is 12.0 Å². The highest BCUT2D eigenvalue weighted by Gasteiger charge is 2.31. The van der Waals surface area contributed by atoms with E-state index >= 15 is 0 Å². The topological polar surface area (TPSA) is 116 Å². The van der Waals surface area contributed by atoms with Gasteiger partial charge < -0.3 is 10.1 Å². The van der Waals surface area contributed by atoms with Crippen LogP contribution in [-0.2, 0) is 20.9 Å². The molecule has 0 fully saturated rings. The molecular weight excluding hydrogens is 294 g/mol. The summed E-state index contributed by atoms with van der Waals surface area (Å²) in [6.45, 7) is 0.264. The lowest BCUT2D eigenvalue weighted by Gasteiger charge is -2.05. The quantitative estimate of drug-likeness (QED) is 0.460. The van der Waals surface area contributed by atoms with Gasteiger partial charge in [0, 0.05) is 0 Å². The lowest BCUT2D eigenvalue weighted by atomic mass is 10.3. The lowest BCUT2D eigenvalue weighted by Crippen LogP contribution is -2.33. The first-order valence-corrected chi connectivity index (χ1v) is 5.61. The second-order valence-corrected chi connectivity index (χ2v) is 3.89. The molecule has 1 amide bonds. The molecule has 0 unspecified atom stereocenters. The van der Waals surface area contributed by atoms with E-state index in [2.05, 4.69) is 15.2 Å². The maximum Gasteiger partial charge on any atom is 0.325 e. The molecule has 1 heterocycles. The molecule has 1 N–H and O–H groups in total. The number of ether oxygens (including phenoxy) is 1. The van der Waals surface area contributed by atoms with Crippen molar-refractivity contribution in [3.63, 3.8) is 0 Å². The summed E-state index contributed by atoms with van der Waals surface area (Å²) in [5, 5.41) is 16.3. The molecule has 0 aliphatic rings. The van der Waals surface area contributed by atoms with E-state index in [1.54, 1.807) is 0 Å². The maximum atomic E-state index is 12.7. The van der Waals surface area contributed by atoms with Gasteiger partial charge in [0.2, 0.25) is 11.6 Å². The minimum Gasteiger partial charge on any atom is -0.468 e. The third-order valence-corrected chi connectivity index (χ3v) is 2.54. The normalized spacial score (nSPS) is 10.5. The fourth-order valence-corrected chi connectivity index (χ4v) is 1.52. The Bertz CT molecular complexity index is 572. The van der Waals surface area contributed by atoms with Gasteiger partial charge in [-0.3, -0.25) is 24.4 Å². The minimum atomic E-state index is -3.14. The summed E-state index contributed by atoms with van der Waals surface area (Å²) in [5.74, 6) is -1.42. The summed E-state index contributed by atoms with van der Waals surface area (Å²) < 4.78 is 30.4. The molecule has 1 aromatic heterocycles. The molecule has 0 atom stereocenters. The highest BCUT2D eigenvalue weighted by Crippen LogP contribution is 2.30. The van der Waals surface area contributed by atoms with Gasteiger partial charge in [0.1, 0.15) is 18.8 Å². The Labute approximate surface area is 117 Å². The third kappa shape index (κ3) is 3.94. The summed E-state index contributed by atoms with van der Waals surface area (Å²) in [7, 11) is 1.13. The summed E-state index contributed by atoms with van der Waals surface area (Å²) >= 11 is 0. The highest BCUT2D eigenvalue weighted by atomic mass is 19.3. The molecule has 0 aromatic carbocycles. The zero-order valence-corrected chi connectivity index (χ0v) is 11.1. The number of aromatic nitrogens is 2. The number of carbonyl (C=O) groups excluding carboxylic acids is 2. The molecule has 116 valence electrons. The molecule has 0 saturated carbocycles. The van der Waals surface area contributed by atoms with Crippen molar-refractivity contribution in [3.05, 3.63) is 21.5 Å². The van der Waals surface area contributed by atoms with Crippen LogP contribution in [0.4, 0.5) is 14.5 Å². The number of hydrogen-bond acceptors (Lipinski definition) is 6. The first kappa shape index (κ1) is 16.5. The number of esters is 1.